The zero-order chi connectivity index (χ0) is 21.5. The Balaban J connectivity index is 1.64. The van der Waals surface area contributed by atoms with Crippen LogP contribution in [0.3, 0.4) is 0 Å². The molecule has 1 unspecified atom stereocenters. The topological polar surface area (TPSA) is 89.9 Å². The summed E-state index contributed by atoms with van der Waals surface area (Å²) in [4.78, 5) is 16.9. The van der Waals surface area contributed by atoms with Crippen LogP contribution in [-0.4, -0.2) is 43.4 Å². The molecule has 1 atom stereocenters. The third-order valence-electron chi connectivity index (χ3n) is 4.40. The van der Waals surface area contributed by atoms with Gasteiger partial charge in [0, 0.05) is 23.1 Å². The van der Waals surface area contributed by atoms with E-state index in [4.69, 9.17) is 14.2 Å². The van der Waals surface area contributed by atoms with Gasteiger partial charge in [0.2, 0.25) is 0 Å². The minimum Gasteiger partial charge on any atom is -0.497 e. The number of hydrogen-bond donors (Lipinski definition) is 2. The van der Waals surface area contributed by atoms with Gasteiger partial charge in [-0.3, -0.25) is 4.79 Å². The van der Waals surface area contributed by atoms with E-state index in [0.717, 1.165) is 16.3 Å². The van der Waals surface area contributed by atoms with Gasteiger partial charge in [0.1, 0.15) is 34.1 Å². The normalized spacial score (nSPS) is 11.6. The number of hydrogen-bond acceptors (Lipinski definition) is 7. The van der Waals surface area contributed by atoms with Crippen LogP contribution in [0.5, 0.6) is 17.2 Å². The van der Waals surface area contributed by atoms with E-state index in [1.54, 1.807) is 30.7 Å². The van der Waals surface area contributed by atoms with E-state index in [2.05, 4.69) is 10.3 Å². The molecule has 0 saturated heterocycles. The summed E-state index contributed by atoms with van der Waals surface area (Å²) in [5, 5.41) is 15.7. The minimum atomic E-state index is -0.955. The zero-order valence-corrected chi connectivity index (χ0v) is 17.9. The minimum absolute atomic E-state index is 0.0122. The van der Waals surface area contributed by atoms with Gasteiger partial charge in [-0.15, -0.1) is 11.3 Å². The molecule has 8 heteroatoms. The Kier molecular flexibility index (Phi) is 7.26. The van der Waals surface area contributed by atoms with Crippen LogP contribution in [-0.2, 0) is 0 Å². The van der Waals surface area contributed by atoms with E-state index in [9.17, 15) is 9.90 Å². The van der Waals surface area contributed by atoms with Gasteiger partial charge in [0.25, 0.3) is 5.91 Å². The van der Waals surface area contributed by atoms with Crippen molar-refractivity contribution >= 4 is 17.2 Å². The molecular weight excluding hydrogens is 404 g/mol. The first-order valence-corrected chi connectivity index (χ1v) is 10.3. The highest BCUT2D eigenvalue weighted by molar-refractivity contribution is 7.13. The van der Waals surface area contributed by atoms with Gasteiger partial charge in [-0.05, 0) is 49.4 Å². The lowest BCUT2D eigenvalue weighted by Gasteiger charge is -2.16. The number of nitrogens with one attached hydrogen (secondary N) is 1. The molecular formula is C22H24N2O5S. The van der Waals surface area contributed by atoms with E-state index < -0.39 is 6.10 Å². The number of aliphatic hydroxyl groups excluding tert-OH is 1. The SMILES string of the molecule is CCOc1ccc(-c2nc(C(=O)NCC(O)c3cc(OC)ccc3OC)cs2)cc1. The van der Waals surface area contributed by atoms with Gasteiger partial charge in [-0.2, -0.15) is 0 Å². The summed E-state index contributed by atoms with van der Waals surface area (Å²) in [5.74, 6) is 1.54. The number of ether oxygens (including phenoxy) is 3. The number of aliphatic hydroxyl groups is 1. The Hall–Kier alpha value is -3.10. The van der Waals surface area contributed by atoms with Crippen molar-refractivity contribution in [1.29, 1.82) is 0 Å². The standard InChI is InChI=1S/C22H24N2O5S/c1-4-29-15-7-5-14(6-8-15)22-24-18(13-30-22)21(26)23-12-19(25)17-11-16(27-2)9-10-20(17)28-3/h5-11,13,19,25H,4,12H2,1-3H3,(H,23,26). The van der Waals surface area contributed by atoms with Crippen molar-refractivity contribution in [2.24, 2.45) is 0 Å². The number of carbonyl (C=O) groups excluding carboxylic acids is 1. The predicted molar refractivity (Wildman–Crippen MR) is 116 cm³/mol. The molecule has 1 aromatic heterocycles. The molecule has 0 saturated carbocycles. The number of carbonyl (C=O) groups is 1. The summed E-state index contributed by atoms with van der Waals surface area (Å²) in [6, 6.07) is 12.7. The number of thiazole rings is 1. The number of nitrogens with zero attached hydrogens (tertiary/aromatic N) is 1. The summed E-state index contributed by atoms with van der Waals surface area (Å²) >= 11 is 1.38. The van der Waals surface area contributed by atoms with Crippen LogP contribution < -0.4 is 19.5 Å². The van der Waals surface area contributed by atoms with E-state index in [-0.39, 0.29) is 12.5 Å². The summed E-state index contributed by atoms with van der Waals surface area (Å²) in [7, 11) is 3.07. The fourth-order valence-electron chi connectivity index (χ4n) is 2.86. The Morgan fingerprint density at radius 2 is 1.87 bits per heavy atom. The van der Waals surface area contributed by atoms with Crippen LogP contribution in [0.2, 0.25) is 0 Å². The van der Waals surface area contributed by atoms with Crippen LogP contribution in [0.1, 0.15) is 29.1 Å². The average molecular weight is 429 g/mol. The fraction of sp³-hybridized carbons (Fsp3) is 0.273. The molecule has 158 valence electrons. The summed E-state index contributed by atoms with van der Waals surface area (Å²) in [6.07, 6.45) is -0.955. The van der Waals surface area contributed by atoms with Gasteiger partial charge in [-0.25, -0.2) is 4.98 Å². The van der Waals surface area contributed by atoms with E-state index in [1.165, 1.54) is 18.4 Å². The molecule has 0 aliphatic carbocycles. The monoisotopic (exact) mass is 428 g/mol. The number of rotatable bonds is 9. The highest BCUT2D eigenvalue weighted by atomic mass is 32.1. The quantitative estimate of drug-likeness (QED) is 0.540. The number of methoxy groups -OCH3 is 2. The Bertz CT molecular complexity index is 987. The maximum atomic E-state index is 12.5. The zero-order valence-electron chi connectivity index (χ0n) is 17.0. The lowest BCUT2D eigenvalue weighted by molar-refractivity contribution is 0.0910. The second kappa shape index (κ2) is 10.1. The molecule has 7 nitrogen and oxygen atoms in total. The molecule has 0 bridgehead atoms. The summed E-state index contributed by atoms with van der Waals surface area (Å²) in [5.41, 5.74) is 1.74. The molecule has 1 amide bonds. The highest BCUT2D eigenvalue weighted by Crippen LogP contribution is 2.29. The van der Waals surface area contributed by atoms with Gasteiger partial charge in [0.05, 0.1) is 20.8 Å². The third-order valence-corrected chi connectivity index (χ3v) is 5.29. The molecule has 0 aliphatic rings. The summed E-state index contributed by atoms with van der Waals surface area (Å²) < 4.78 is 15.9. The lowest BCUT2D eigenvalue weighted by Crippen LogP contribution is -2.28. The smallest absolute Gasteiger partial charge is 0.270 e. The predicted octanol–water partition coefficient (Wildman–Crippen LogP) is 3.69. The largest absolute Gasteiger partial charge is 0.497 e. The van der Waals surface area contributed by atoms with Gasteiger partial charge in [0.15, 0.2) is 0 Å². The van der Waals surface area contributed by atoms with E-state index >= 15 is 0 Å². The molecule has 0 spiro atoms. The Labute approximate surface area is 179 Å². The van der Waals surface area contributed by atoms with Gasteiger partial charge < -0.3 is 24.6 Å². The first-order chi connectivity index (χ1) is 14.5. The molecule has 3 rings (SSSR count). The van der Waals surface area contributed by atoms with E-state index in [1.807, 2.05) is 31.2 Å². The third kappa shape index (κ3) is 5.08. The van der Waals surface area contributed by atoms with Crippen molar-refractivity contribution in [3.05, 3.63) is 59.1 Å². The van der Waals surface area contributed by atoms with Crippen LogP contribution in [0.15, 0.2) is 47.8 Å². The maximum Gasteiger partial charge on any atom is 0.270 e. The lowest BCUT2D eigenvalue weighted by atomic mass is 10.1. The highest BCUT2D eigenvalue weighted by Gasteiger charge is 2.18. The first-order valence-electron chi connectivity index (χ1n) is 9.42. The number of benzene rings is 2. The molecule has 0 radical (unpaired) electrons. The second-order valence-corrected chi connectivity index (χ2v) is 7.19. The van der Waals surface area contributed by atoms with Crippen molar-refractivity contribution in [2.75, 3.05) is 27.4 Å². The van der Waals surface area contributed by atoms with Crippen molar-refractivity contribution in [3.63, 3.8) is 0 Å². The Morgan fingerprint density at radius 1 is 1.13 bits per heavy atom. The van der Waals surface area contributed by atoms with Crippen molar-refractivity contribution < 1.29 is 24.1 Å². The van der Waals surface area contributed by atoms with Crippen LogP contribution in [0, 0.1) is 0 Å². The van der Waals surface area contributed by atoms with Crippen LogP contribution >= 0.6 is 11.3 Å². The molecule has 0 fully saturated rings. The molecule has 0 aliphatic heterocycles. The van der Waals surface area contributed by atoms with Gasteiger partial charge >= 0.3 is 0 Å². The van der Waals surface area contributed by atoms with Crippen LogP contribution in [0.4, 0.5) is 0 Å². The molecule has 1 heterocycles. The molecule has 3 aromatic rings. The van der Waals surface area contributed by atoms with Gasteiger partial charge in [-0.1, -0.05) is 0 Å². The molecule has 2 N–H and O–H groups in total. The first kappa shape index (κ1) is 21.6. The van der Waals surface area contributed by atoms with Crippen molar-refractivity contribution in [3.8, 4) is 27.8 Å². The Morgan fingerprint density at radius 3 is 2.53 bits per heavy atom. The van der Waals surface area contributed by atoms with E-state index in [0.29, 0.717) is 29.4 Å². The van der Waals surface area contributed by atoms with Crippen LogP contribution in [0.25, 0.3) is 10.6 Å². The maximum absolute atomic E-state index is 12.5. The fourth-order valence-corrected chi connectivity index (χ4v) is 3.67. The molecule has 2 aromatic carbocycles. The number of amides is 1. The average Bonchev–Trinajstić information content (AvgIpc) is 3.28. The van der Waals surface area contributed by atoms with Crippen molar-refractivity contribution in [2.45, 2.75) is 13.0 Å². The van der Waals surface area contributed by atoms with Crippen molar-refractivity contribution in [1.82, 2.24) is 10.3 Å². The molecule has 30 heavy (non-hydrogen) atoms. The number of aromatic nitrogens is 1. The summed E-state index contributed by atoms with van der Waals surface area (Å²) in [6.45, 7) is 2.55. The second-order valence-electron chi connectivity index (χ2n) is 6.33.